The number of nitrogens with one attached hydrogen (secondary N) is 1. The number of aromatic nitrogens is 4. The second-order valence-electron chi connectivity index (χ2n) is 8.78. The summed E-state index contributed by atoms with van der Waals surface area (Å²) in [5.41, 5.74) is 5.20. The molecule has 9 heteroatoms. The maximum Gasteiger partial charge on any atom is 0.253 e. The Morgan fingerprint density at radius 1 is 0.971 bits per heavy atom. The van der Waals surface area contributed by atoms with Gasteiger partial charge in [-0.2, -0.15) is 4.98 Å². The number of hydrogen-bond donors (Lipinski definition) is 1. The summed E-state index contributed by atoms with van der Waals surface area (Å²) in [5, 5.41) is 7.95. The topological polar surface area (TPSA) is 78.7 Å². The number of piperazine rings is 1. The maximum atomic E-state index is 12.5. The van der Waals surface area contributed by atoms with E-state index in [1.54, 1.807) is 4.52 Å². The van der Waals surface area contributed by atoms with Crippen LogP contribution in [0.1, 0.15) is 17.0 Å². The molecule has 3 heterocycles. The van der Waals surface area contributed by atoms with Gasteiger partial charge in [0, 0.05) is 55.5 Å². The lowest BCUT2D eigenvalue weighted by Gasteiger charge is -2.36. The van der Waals surface area contributed by atoms with Gasteiger partial charge >= 0.3 is 0 Å². The predicted octanol–water partition coefficient (Wildman–Crippen LogP) is 3.79. The molecule has 0 saturated carbocycles. The number of carbonyl (C=O) groups excluding carboxylic acids is 1. The summed E-state index contributed by atoms with van der Waals surface area (Å²) >= 11 is 1.31. The van der Waals surface area contributed by atoms with E-state index >= 15 is 0 Å². The SMILES string of the molecule is Cc1cc(C)n2nc(SCC(=O)Nc3ccc(N4CCN(Cc5ccccc5)CC4)cc3)nc2n1. The monoisotopic (exact) mass is 487 g/mol. The molecule has 2 aromatic heterocycles. The quantitative estimate of drug-likeness (QED) is 0.397. The minimum atomic E-state index is -0.0861. The molecular formula is C26H29N7OS. The third-order valence-corrected chi connectivity index (χ3v) is 6.91. The lowest BCUT2D eigenvalue weighted by atomic mass is 10.2. The fourth-order valence-electron chi connectivity index (χ4n) is 4.30. The number of benzene rings is 2. The molecule has 8 nitrogen and oxygen atoms in total. The van der Waals surface area contributed by atoms with Crippen molar-refractivity contribution < 1.29 is 4.79 Å². The highest BCUT2D eigenvalue weighted by Crippen LogP contribution is 2.21. The van der Waals surface area contributed by atoms with E-state index in [0.29, 0.717) is 10.9 Å². The van der Waals surface area contributed by atoms with Crippen molar-refractivity contribution in [1.29, 1.82) is 0 Å². The van der Waals surface area contributed by atoms with Gasteiger partial charge in [-0.15, -0.1) is 5.10 Å². The molecule has 1 aliphatic rings. The Kier molecular flexibility index (Phi) is 6.96. The minimum Gasteiger partial charge on any atom is -0.369 e. The van der Waals surface area contributed by atoms with Crippen molar-refractivity contribution in [2.75, 3.05) is 42.1 Å². The Balaban J connectivity index is 1.10. The molecule has 1 saturated heterocycles. The van der Waals surface area contributed by atoms with Gasteiger partial charge in [-0.3, -0.25) is 9.69 Å². The van der Waals surface area contributed by atoms with Crippen molar-refractivity contribution in [1.82, 2.24) is 24.5 Å². The Morgan fingerprint density at radius 3 is 2.46 bits per heavy atom. The van der Waals surface area contributed by atoms with Gasteiger partial charge in [-0.05, 0) is 49.7 Å². The average molecular weight is 488 g/mol. The molecule has 0 aliphatic carbocycles. The highest BCUT2D eigenvalue weighted by Gasteiger charge is 2.17. The smallest absolute Gasteiger partial charge is 0.253 e. The minimum absolute atomic E-state index is 0.0861. The van der Waals surface area contributed by atoms with Crippen molar-refractivity contribution in [3.05, 3.63) is 77.6 Å². The molecule has 5 rings (SSSR count). The van der Waals surface area contributed by atoms with Crippen LogP contribution in [0.15, 0.2) is 65.8 Å². The van der Waals surface area contributed by atoms with Crippen LogP contribution in [0, 0.1) is 13.8 Å². The van der Waals surface area contributed by atoms with E-state index in [4.69, 9.17) is 0 Å². The van der Waals surface area contributed by atoms with Crippen LogP contribution in [0.2, 0.25) is 0 Å². The zero-order chi connectivity index (χ0) is 24.2. The number of aryl methyl sites for hydroxylation is 2. The van der Waals surface area contributed by atoms with Gasteiger partial charge in [0.05, 0.1) is 5.75 Å². The lowest BCUT2D eigenvalue weighted by molar-refractivity contribution is -0.113. The maximum absolute atomic E-state index is 12.5. The van der Waals surface area contributed by atoms with Gasteiger partial charge in [-0.1, -0.05) is 42.1 Å². The first-order valence-electron chi connectivity index (χ1n) is 11.8. The second-order valence-corrected chi connectivity index (χ2v) is 9.72. The number of anilines is 2. The summed E-state index contributed by atoms with van der Waals surface area (Å²) in [6, 6.07) is 20.7. The second kappa shape index (κ2) is 10.5. The van der Waals surface area contributed by atoms with Gasteiger partial charge < -0.3 is 10.2 Å². The molecule has 0 radical (unpaired) electrons. The first-order chi connectivity index (χ1) is 17.0. The zero-order valence-corrected chi connectivity index (χ0v) is 20.8. The van der Waals surface area contributed by atoms with E-state index in [-0.39, 0.29) is 11.7 Å². The summed E-state index contributed by atoms with van der Waals surface area (Å²) in [7, 11) is 0. The molecule has 0 unspecified atom stereocenters. The van der Waals surface area contributed by atoms with Crippen LogP contribution in [-0.2, 0) is 11.3 Å². The van der Waals surface area contributed by atoms with Gasteiger partial charge in [0.25, 0.3) is 5.78 Å². The molecule has 0 spiro atoms. The zero-order valence-electron chi connectivity index (χ0n) is 20.0. The number of hydrogen-bond acceptors (Lipinski definition) is 7. The van der Waals surface area contributed by atoms with Crippen LogP contribution in [0.3, 0.4) is 0 Å². The number of nitrogens with zero attached hydrogens (tertiary/aromatic N) is 6. The lowest BCUT2D eigenvalue weighted by Crippen LogP contribution is -2.45. The molecule has 0 bridgehead atoms. The summed E-state index contributed by atoms with van der Waals surface area (Å²) in [5.74, 6) is 0.707. The van der Waals surface area contributed by atoms with Gasteiger partial charge in [0.2, 0.25) is 11.1 Å². The summed E-state index contributed by atoms with van der Waals surface area (Å²) in [4.78, 5) is 26.2. The van der Waals surface area contributed by atoms with Crippen LogP contribution >= 0.6 is 11.8 Å². The predicted molar refractivity (Wildman–Crippen MR) is 140 cm³/mol. The van der Waals surface area contributed by atoms with Crippen molar-refractivity contribution in [2.45, 2.75) is 25.5 Å². The van der Waals surface area contributed by atoms with Crippen molar-refractivity contribution in [2.24, 2.45) is 0 Å². The van der Waals surface area contributed by atoms with Gasteiger partial charge in [0.1, 0.15) is 0 Å². The van der Waals surface area contributed by atoms with Crippen LogP contribution in [0.25, 0.3) is 5.78 Å². The fraction of sp³-hybridized carbons (Fsp3) is 0.308. The van der Waals surface area contributed by atoms with Crippen molar-refractivity contribution in [3.63, 3.8) is 0 Å². The van der Waals surface area contributed by atoms with Crippen molar-refractivity contribution >= 4 is 34.8 Å². The van der Waals surface area contributed by atoms with Crippen LogP contribution in [-0.4, -0.2) is 62.3 Å². The number of carbonyl (C=O) groups is 1. The summed E-state index contributed by atoms with van der Waals surface area (Å²) in [6.45, 7) is 8.96. The molecule has 1 fully saturated rings. The summed E-state index contributed by atoms with van der Waals surface area (Å²) in [6.07, 6.45) is 0. The Hall–Kier alpha value is -3.43. The first kappa shape index (κ1) is 23.3. The van der Waals surface area contributed by atoms with E-state index in [9.17, 15) is 4.79 Å². The normalized spacial score (nSPS) is 14.4. The Labute approximate surface area is 209 Å². The molecule has 1 aliphatic heterocycles. The molecule has 1 N–H and O–H groups in total. The molecule has 4 aromatic rings. The highest BCUT2D eigenvalue weighted by atomic mass is 32.2. The van der Waals surface area contributed by atoms with E-state index in [1.165, 1.54) is 23.0 Å². The number of amides is 1. The van der Waals surface area contributed by atoms with E-state index < -0.39 is 0 Å². The molecule has 0 atom stereocenters. The van der Waals surface area contributed by atoms with Crippen LogP contribution < -0.4 is 10.2 Å². The van der Waals surface area contributed by atoms with Gasteiger partial charge in [-0.25, -0.2) is 9.50 Å². The molecule has 180 valence electrons. The highest BCUT2D eigenvalue weighted by molar-refractivity contribution is 7.99. The molecule has 2 aromatic carbocycles. The molecular weight excluding hydrogens is 458 g/mol. The van der Waals surface area contributed by atoms with Crippen LogP contribution in [0.4, 0.5) is 11.4 Å². The fourth-order valence-corrected chi connectivity index (χ4v) is 4.92. The van der Waals surface area contributed by atoms with Crippen LogP contribution in [0.5, 0.6) is 0 Å². The average Bonchev–Trinajstić information content (AvgIpc) is 3.28. The van der Waals surface area contributed by atoms with Gasteiger partial charge in [0.15, 0.2) is 0 Å². The van der Waals surface area contributed by atoms with Crippen molar-refractivity contribution in [3.8, 4) is 0 Å². The van der Waals surface area contributed by atoms with E-state index in [2.05, 4.69) is 72.6 Å². The standard InChI is InChI=1S/C26H29N7OS/c1-19-16-20(2)33-25(27-19)29-26(30-33)35-18-24(34)28-22-8-10-23(11-9-22)32-14-12-31(13-15-32)17-21-6-4-3-5-7-21/h3-11,16H,12-15,17-18H2,1-2H3,(H,28,34). The number of fused-ring (bicyclic) bond motifs is 1. The third kappa shape index (κ3) is 5.80. The molecule has 35 heavy (non-hydrogen) atoms. The summed E-state index contributed by atoms with van der Waals surface area (Å²) < 4.78 is 1.70. The number of rotatable bonds is 7. The number of thioether (sulfide) groups is 1. The molecule has 1 amide bonds. The Morgan fingerprint density at radius 2 is 1.71 bits per heavy atom. The van der Waals surface area contributed by atoms with E-state index in [0.717, 1.165) is 49.8 Å². The third-order valence-electron chi connectivity index (χ3n) is 6.07. The largest absolute Gasteiger partial charge is 0.369 e. The van der Waals surface area contributed by atoms with E-state index in [1.807, 2.05) is 32.0 Å². The Bertz CT molecular complexity index is 1300. The first-order valence-corrected chi connectivity index (χ1v) is 12.8.